The summed E-state index contributed by atoms with van der Waals surface area (Å²) < 4.78 is 5.25. The van der Waals surface area contributed by atoms with Gasteiger partial charge in [0.2, 0.25) is 5.91 Å². The fourth-order valence-electron chi connectivity index (χ4n) is 5.68. The van der Waals surface area contributed by atoms with Crippen LogP contribution in [0.2, 0.25) is 0 Å². The number of piperidine rings is 1. The lowest BCUT2D eigenvalue weighted by Crippen LogP contribution is -2.49. The molecule has 0 spiro atoms. The molecular weight excluding hydrogens is 562 g/mol. The second-order valence-electron chi connectivity index (χ2n) is 11.4. The summed E-state index contributed by atoms with van der Waals surface area (Å²) >= 11 is 0. The fourth-order valence-corrected chi connectivity index (χ4v) is 5.68. The van der Waals surface area contributed by atoms with Crippen molar-refractivity contribution in [2.75, 3.05) is 20.2 Å². The molecule has 1 atom stereocenters. The van der Waals surface area contributed by atoms with Crippen LogP contribution in [0.1, 0.15) is 42.4 Å². The van der Waals surface area contributed by atoms with Gasteiger partial charge in [-0.05, 0) is 73.7 Å². The maximum absolute atomic E-state index is 12.6. The highest BCUT2D eigenvalue weighted by atomic mass is 16.5. The molecule has 3 heterocycles. The number of amides is 1. The molecule has 234 valence electrons. The van der Waals surface area contributed by atoms with Crippen LogP contribution >= 0.6 is 0 Å². The van der Waals surface area contributed by atoms with Crippen LogP contribution < -0.4 is 15.4 Å². The second-order valence-corrected chi connectivity index (χ2v) is 11.4. The molecule has 0 saturated carbocycles. The van der Waals surface area contributed by atoms with E-state index >= 15 is 0 Å². The molecule has 9 heteroatoms. The quantitative estimate of drug-likeness (QED) is 0.0869. The van der Waals surface area contributed by atoms with Gasteiger partial charge in [-0.15, -0.1) is 0 Å². The smallest absolute Gasteiger partial charge is 0.237 e. The number of carbonyl (C=O) groups is 1. The molecule has 2 aromatic heterocycles. The summed E-state index contributed by atoms with van der Waals surface area (Å²) in [6, 6.07) is 23.9. The summed E-state index contributed by atoms with van der Waals surface area (Å²) in [7, 11) is 1.63. The van der Waals surface area contributed by atoms with Crippen LogP contribution in [0.25, 0.3) is 21.8 Å². The fraction of sp³-hybridized carbons (Fsp3) is 0.306. The van der Waals surface area contributed by atoms with Crippen molar-refractivity contribution in [1.29, 1.82) is 10.8 Å². The molecule has 0 aliphatic carbocycles. The number of hydrogen-bond donors (Lipinski definition) is 6. The number of rotatable bonds is 9. The molecule has 0 radical (unpaired) electrons. The van der Waals surface area contributed by atoms with E-state index in [4.69, 9.17) is 15.6 Å². The Hall–Kier alpha value is -4.89. The summed E-state index contributed by atoms with van der Waals surface area (Å²) in [6.07, 6.45) is 8.13. The standard InChI is InChI=1S/C27H34N6O2.C9H9N/c1-35-21-12-9-19(10-13-21)18-33(26(29)17-32-27(34)24-8-4-5-15-30-24)25(28)14-11-20-16-31-23-7-3-2-6-22(20)23;1-7-6-10-9-5-3-2-4-8(7)9/h2-3,6-7,9-10,12-13,16,24,28-31H,4-5,8,11,14-15,17-18H2,1H3,(H,32,34);2-6,10H,1H3. The number of nitrogens with zero attached hydrogens (tertiary/aromatic N) is 1. The molecule has 1 aliphatic heterocycles. The van der Waals surface area contributed by atoms with E-state index in [1.54, 1.807) is 12.0 Å². The molecule has 1 unspecified atom stereocenters. The monoisotopic (exact) mass is 605 g/mol. The van der Waals surface area contributed by atoms with E-state index < -0.39 is 0 Å². The van der Waals surface area contributed by atoms with E-state index in [9.17, 15) is 4.79 Å². The zero-order chi connectivity index (χ0) is 31.6. The Labute approximate surface area is 264 Å². The Balaban J connectivity index is 0.000000336. The number of nitrogens with one attached hydrogen (secondary N) is 6. The number of hydrogen-bond acceptors (Lipinski definition) is 5. The first-order chi connectivity index (χ1) is 21.9. The van der Waals surface area contributed by atoms with E-state index in [0.29, 0.717) is 25.2 Å². The van der Waals surface area contributed by atoms with Crippen molar-refractivity contribution >= 4 is 39.4 Å². The zero-order valence-electron chi connectivity index (χ0n) is 26.1. The summed E-state index contributed by atoms with van der Waals surface area (Å²) in [6.45, 7) is 3.42. The van der Waals surface area contributed by atoms with Gasteiger partial charge in [-0.25, -0.2) is 0 Å². The number of H-pyrrole nitrogens is 2. The number of carbonyl (C=O) groups excluding carboxylic acids is 1. The lowest BCUT2D eigenvalue weighted by atomic mass is 10.0. The van der Waals surface area contributed by atoms with Crippen LogP contribution in [0.5, 0.6) is 5.75 Å². The molecule has 9 nitrogen and oxygen atoms in total. The first-order valence-electron chi connectivity index (χ1n) is 15.6. The number of aromatic amines is 2. The number of aromatic nitrogens is 2. The molecule has 6 N–H and O–H groups in total. The maximum Gasteiger partial charge on any atom is 0.237 e. The summed E-state index contributed by atoms with van der Waals surface area (Å²) in [5.74, 6) is 1.23. The van der Waals surface area contributed by atoms with Crippen LogP contribution in [-0.2, 0) is 17.8 Å². The van der Waals surface area contributed by atoms with Gasteiger partial charge >= 0.3 is 0 Å². The van der Waals surface area contributed by atoms with Crippen molar-refractivity contribution in [3.63, 3.8) is 0 Å². The first kappa shape index (κ1) is 31.5. The minimum Gasteiger partial charge on any atom is -0.497 e. The minimum absolute atomic E-state index is 0.0795. The van der Waals surface area contributed by atoms with Gasteiger partial charge in [-0.3, -0.25) is 15.6 Å². The van der Waals surface area contributed by atoms with Gasteiger partial charge in [0.1, 0.15) is 17.4 Å². The molecule has 1 saturated heterocycles. The number of ether oxygens (including phenoxy) is 1. The Bertz CT molecular complexity index is 1730. The lowest BCUT2D eigenvalue weighted by molar-refractivity contribution is -0.123. The second kappa shape index (κ2) is 15.2. The summed E-state index contributed by atoms with van der Waals surface area (Å²) in [5.41, 5.74) is 5.73. The van der Waals surface area contributed by atoms with Crippen LogP contribution in [0.3, 0.4) is 0 Å². The van der Waals surface area contributed by atoms with Crippen molar-refractivity contribution in [3.05, 3.63) is 102 Å². The maximum atomic E-state index is 12.6. The van der Waals surface area contributed by atoms with Crippen molar-refractivity contribution in [2.24, 2.45) is 0 Å². The molecular formula is C36H43N7O2. The van der Waals surface area contributed by atoms with Gasteiger partial charge in [-0.1, -0.05) is 55.0 Å². The normalized spacial score (nSPS) is 14.4. The topological polar surface area (TPSA) is 133 Å². The highest BCUT2D eigenvalue weighted by Gasteiger charge is 2.22. The lowest BCUT2D eigenvalue weighted by Gasteiger charge is -2.27. The van der Waals surface area contributed by atoms with Gasteiger partial charge in [-0.2, -0.15) is 0 Å². The predicted molar refractivity (Wildman–Crippen MR) is 182 cm³/mol. The summed E-state index contributed by atoms with van der Waals surface area (Å²) in [5, 5.41) is 26.2. The molecule has 1 aliphatic rings. The van der Waals surface area contributed by atoms with Crippen LogP contribution in [0.15, 0.2) is 85.2 Å². The SMILES string of the molecule is COc1ccc(CN(C(=N)CCc2c[nH]c3ccccc23)C(=N)CNC(=O)C2CCCCN2)cc1.Cc1c[nH]c2ccccc12. The Morgan fingerprint density at radius 1 is 0.911 bits per heavy atom. The minimum atomic E-state index is -0.201. The number of methoxy groups -OCH3 is 1. The number of aryl methyl sites for hydroxylation is 2. The highest BCUT2D eigenvalue weighted by molar-refractivity contribution is 6.00. The van der Waals surface area contributed by atoms with Crippen LogP contribution in [-0.4, -0.2) is 58.7 Å². The van der Waals surface area contributed by atoms with E-state index in [0.717, 1.165) is 53.6 Å². The van der Waals surface area contributed by atoms with Crippen molar-refractivity contribution in [2.45, 2.75) is 51.6 Å². The highest BCUT2D eigenvalue weighted by Crippen LogP contribution is 2.20. The average Bonchev–Trinajstić information content (AvgIpc) is 3.69. The molecule has 5 aromatic rings. The number of para-hydroxylation sites is 2. The van der Waals surface area contributed by atoms with E-state index in [2.05, 4.69) is 51.8 Å². The molecule has 6 rings (SSSR count). The van der Waals surface area contributed by atoms with Gasteiger partial charge in [0, 0.05) is 40.6 Å². The van der Waals surface area contributed by atoms with Crippen LogP contribution in [0.4, 0.5) is 0 Å². The third-order valence-electron chi connectivity index (χ3n) is 8.31. The van der Waals surface area contributed by atoms with Crippen molar-refractivity contribution < 1.29 is 9.53 Å². The van der Waals surface area contributed by atoms with Crippen molar-refractivity contribution in [3.8, 4) is 5.75 Å². The number of fused-ring (bicyclic) bond motifs is 2. The number of amidine groups is 2. The van der Waals surface area contributed by atoms with Gasteiger partial charge in [0.05, 0.1) is 26.2 Å². The third kappa shape index (κ3) is 8.19. The Morgan fingerprint density at radius 2 is 1.60 bits per heavy atom. The largest absolute Gasteiger partial charge is 0.497 e. The van der Waals surface area contributed by atoms with E-state index in [1.807, 2.05) is 60.9 Å². The Morgan fingerprint density at radius 3 is 2.29 bits per heavy atom. The molecule has 0 bridgehead atoms. The van der Waals surface area contributed by atoms with E-state index in [1.165, 1.54) is 16.5 Å². The number of benzene rings is 3. The zero-order valence-corrected chi connectivity index (χ0v) is 26.1. The third-order valence-corrected chi connectivity index (χ3v) is 8.31. The Kier molecular flexibility index (Phi) is 10.7. The summed E-state index contributed by atoms with van der Waals surface area (Å²) in [4.78, 5) is 20.7. The predicted octanol–water partition coefficient (Wildman–Crippen LogP) is 6.30. The average molecular weight is 606 g/mol. The van der Waals surface area contributed by atoms with E-state index in [-0.39, 0.29) is 24.3 Å². The van der Waals surface area contributed by atoms with Gasteiger partial charge in [0.15, 0.2) is 0 Å². The first-order valence-corrected chi connectivity index (χ1v) is 15.6. The molecule has 1 amide bonds. The molecule has 1 fully saturated rings. The van der Waals surface area contributed by atoms with Crippen LogP contribution in [0, 0.1) is 17.7 Å². The molecule has 3 aromatic carbocycles. The van der Waals surface area contributed by atoms with Gasteiger partial charge < -0.3 is 30.2 Å². The van der Waals surface area contributed by atoms with Crippen molar-refractivity contribution in [1.82, 2.24) is 25.5 Å². The molecule has 45 heavy (non-hydrogen) atoms. The van der Waals surface area contributed by atoms with Gasteiger partial charge in [0.25, 0.3) is 0 Å².